The molecule has 0 spiro atoms. The standard InChI is InChI=1S/C27H62N4O12P2/c1-28-20-37-10-6-24(17-26(19-32)8-12-39-22-30-3)16-25(7-11-38-21-29-2)18-27(9-13-40-23-31-4)43-45(35,36)42-15-14-41-44(5,33)34/h24-32H,6-23H2,1-5H3,(H,33,34)(H,35,36). The van der Waals surface area contributed by atoms with Crippen LogP contribution in [0.5, 0.6) is 0 Å². The van der Waals surface area contributed by atoms with Crippen molar-refractivity contribution in [2.24, 2.45) is 17.8 Å². The highest BCUT2D eigenvalue weighted by atomic mass is 31.2. The second-order valence-corrected chi connectivity index (χ2v) is 14.2. The van der Waals surface area contributed by atoms with Gasteiger partial charge in [-0.1, -0.05) is 0 Å². The van der Waals surface area contributed by atoms with Crippen molar-refractivity contribution in [1.29, 1.82) is 0 Å². The van der Waals surface area contributed by atoms with Gasteiger partial charge in [-0.05, 0) is 90.9 Å². The van der Waals surface area contributed by atoms with Gasteiger partial charge < -0.3 is 38.4 Å². The Balaban J connectivity index is 5.73. The maximum Gasteiger partial charge on any atom is 0.472 e. The lowest BCUT2D eigenvalue weighted by molar-refractivity contribution is 0.0353. The fourth-order valence-electron chi connectivity index (χ4n) is 4.72. The van der Waals surface area contributed by atoms with Gasteiger partial charge in [-0.15, -0.1) is 0 Å². The van der Waals surface area contributed by atoms with Gasteiger partial charge in [0.2, 0.25) is 0 Å². The molecule has 0 aliphatic rings. The Morgan fingerprint density at radius 3 is 1.42 bits per heavy atom. The minimum Gasteiger partial charge on any atom is -0.396 e. The molecule has 18 heteroatoms. The van der Waals surface area contributed by atoms with Gasteiger partial charge in [-0.3, -0.25) is 34.9 Å². The number of hydrogen-bond acceptors (Lipinski definition) is 14. The summed E-state index contributed by atoms with van der Waals surface area (Å²) in [5, 5.41) is 21.9. The van der Waals surface area contributed by atoms with Crippen LogP contribution in [0.3, 0.4) is 0 Å². The molecule has 6 unspecified atom stereocenters. The molecule has 0 heterocycles. The van der Waals surface area contributed by atoms with E-state index in [-0.39, 0.29) is 37.6 Å². The van der Waals surface area contributed by atoms with E-state index in [1.54, 1.807) is 14.1 Å². The highest BCUT2D eigenvalue weighted by molar-refractivity contribution is 7.51. The van der Waals surface area contributed by atoms with Crippen LogP contribution in [0.25, 0.3) is 0 Å². The van der Waals surface area contributed by atoms with E-state index < -0.39 is 28.1 Å². The van der Waals surface area contributed by atoms with Crippen LogP contribution < -0.4 is 21.3 Å². The van der Waals surface area contributed by atoms with Crippen LogP contribution in [0.15, 0.2) is 0 Å². The summed E-state index contributed by atoms with van der Waals surface area (Å²) in [5.41, 5.74) is 0. The van der Waals surface area contributed by atoms with E-state index in [2.05, 4.69) is 21.3 Å². The van der Waals surface area contributed by atoms with Crippen molar-refractivity contribution in [3.8, 4) is 0 Å². The van der Waals surface area contributed by atoms with Gasteiger partial charge in [0.25, 0.3) is 0 Å². The minimum atomic E-state index is -4.53. The lowest BCUT2D eigenvalue weighted by Gasteiger charge is -2.30. The van der Waals surface area contributed by atoms with Gasteiger partial charge >= 0.3 is 15.4 Å². The quantitative estimate of drug-likeness (QED) is 0.0290. The molecular weight excluding hydrogens is 634 g/mol. The summed E-state index contributed by atoms with van der Waals surface area (Å²) in [6.07, 6.45) is 3.76. The normalized spacial score (nSPS) is 17.4. The largest absolute Gasteiger partial charge is 0.472 e. The van der Waals surface area contributed by atoms with Crippen LogP contribution in [0, 0.1) is 17.8 Å². The van der Waals surface area contributed by atoms with Gasteiger partial charge in [0.1, 0.15) is 0 Å². The van der Waals surface area contributed by atoms with Crippen LogP contribution >= 0.6 is 15.4 Å². The van der Waals surface area contributed by atoms with Crippen LogP contribution in [0.1, 0.15) is 44.9 Å². The summed E-state index contributed by atoms with van der Waals surface area (Å²) >= 11 is 0. The third kappa shape index (κ3) is 28.6. The second-order valence-electron chi connectivity index (χ2n) is 10.9. The summed E-state index contributed by atoms with van der Waals surface area (Å²) < 4.78 is 62.1. The Hall–Kier alpha value is -0.100. The van der Waals surface area contributed by atoms with Crippen molar-refractivity contribution in [1.82, 2.24) is 21.3 Å². The van der Waals surface area contributed by atoms with E-state index in [9.17, 15) is 24.0 Å². The molecule has 7 N–H and O–H groups in total. The number of ether oxygens (including phenoxy) is 4. The Morgan fingerprint density at radius 2 is 0.978 bits per heavy atom. The van der Waals surface area contributed by atoms with Crippen molar-refractivity contribution in [3.63, 3.8) is 0 Å². The van der Waals surface area contributed by atoms with Gasteiger partial charge in [0, 0.05) is 33.1 Å². The van der Waals surface area contributed by atoms with E-state index >= 15 is 0 Å². The molecule has 0 rings (SSSR count). The fraction of sp³-hybridized carbons (Fsp3) is 1.00. The second kappa shape index (κ2) is 28.9. The summed E-state index contributed by atoms with van der Waals surface area (Å²) in [5.74, 6) is 0.273. The molecule has 0 aromatic carbocycles. The van der Waals surface area contributed by atoms with Crippen LogP contribution in [-0.2, 0) is 41.6 Å². The first-order valence-electron chi connectivity index (χ1n) is 15.6. The van der Waals surface area contributed by atoms with Crippen molar-refractivity contribution in [3.05, 3.63) is 0 Å². The minimum absolute atomic E-state index is 0.0361. The van der Waals surface area contributed by atoms with E-state index in [1.807, 2.05) is 14.1 Å². The van der Waals surface area contributed by atoms with E-state index in [0.717, 1.165) is 32.3 Å². The molecule has 0 saturated carbocycles. The first-order chi connectivity index (χ1) is 21.5. The van der Waals surface area contributed by atoms with Crippen LogP contribution in [-0.4, -0.2) is 129 Å². The summed E-state index contributed by atoms with van der Waals surface area (Å²) in [7, 11) is -1.10. The molecule has 0 saturated heterocycles. The number of phosphoric ester groups is 1. The summed E-state index contributed by atoms with van der Waals surface area (Å²) in [6, 6.07) is 0. The van der Waals surface area contributed by atoms with Gasteiger partial charge in [-0.2, -0.15) is 0 Å². The zero-order valence-corrected chi connectivity index (χ0v) is 29.7. The van der Waals surface area contributed by atoms with E-state index in [1.165, 1.54) is 0 Å². The summed E-state index contributed by atoms with van der Waals surface area (Å²) in [4.78, 5) is 19.7. The average molecular weight is 697 g/mol. The topological polar surface area (TPSA) is 208 Å². The Bertz CT molecular complexity index is 771. The predicted molar refractivity (Wildman–Crippen MR) is 172 cm³/mol. The molecule has 0 aromatic rings. The molecule has 272 valence electrons. The van der Waals surface area contributed by atoms with E-state index in [0.29, 0.717) is 66.0 Å². The molecule has 0 fully saturated rings. The number of rotatable bonds is 34. The van der Waals surface area contributed by atoms with Crippen molar-refractivity contribution < 1.29 is 56.5 Å². The van der Waals surface area contributed by atoms with Gasteiger partial charge in [0.05, 0.1) is 52.8 Å². The molecule has 0 aromatic heterocycles. The number of phosphoric acid groups is 1. The third-order valence-corrected chi connectivity index (χ3v) is 8.45. The van der Waals surface area contributed by atoms with Crippen molar-refractivity contribution in [2.75, 3.05) is 108 Å². The number of aliphatic hydroxyl groups is 1. The first-order valence-corrected chi connectivity index (χ1v) is 19.1. The molecule has 45 heavy (non-hydrogen) atoms. The zero-order chi connectivity index (χ0) is 33.8. The van der Waals surface area contributed by atoms with Crippen LogP contribution in [0.4, 0.5) is 0 Å². The molecule has 0 amide bonds. The average Bonchev–Trinajstić information content (AvgIpc) is 2.98. The lowest BCUT2D eigenvalue weighted by Crippen LogP contribution is -2.25. The summed E-state index contributed by atoms with van der Waals surface area (Å²) in [6.45, 7) is 3.73. The van der Waals surface area contributed by atoms with Crippen molar-refractivity contribution >= 4 is 15.4 Å². The van der Waals surface area contributed by atoms with Crippen molar-refractivity contribution in [2.45, 2.75) is 51.0 Å². The molecule has 16 nitrogen and oxygen atoms in total. The molecule has 0 aliphatic heterocycles. The van der Waals surface area contributed by atoms with Crippen LogP contribution in [0.2, 0.25) is 0 Å². The van der Waals surface area contributed by atoms with Gasteiger partial charge in [0.15, 0.2) is 0 Å². The van der Waals surface area contributed by atoms with Gasteiger partial charge in [-0.25, -0.2) is 4.57 Å². The molecular formula is C27H62N4O12P2. The Kier molecular flexibility index (Phi) is 28.8. The number of aliphatic hydroxyl groups excluding tert-OH is 1. The third-order valence-electron chi connectivity index (χ3n) is 6.72. The highest BCUT2D eigenvalue weighted by Gasteiger charge is 2.30. The number of hydrogen-bond donors (Lipinski definition) is 7. The smallest absolute Gasteiger partial charge is 0.396 e. The number of nitrogens with one attached hydrogen (secondary N) is 4. The Morgan fingerprint density at radius 1 is 0.578 bits per heavy atom. The van der Waals surface area contributed by atoms with E-state index in [4.69, 9.17) is 32.5 Å². The maximum absolute atomic E-state index is 12.8. The molecule has 0 radical (unpaired) electrons. The molecule has 0 bridgehead atoms. The Labute approximate surface area is 270 Å². The first kappa shape index (κ1) is 44.9. The SMILES string of the molecule is CNCOCCC(CO)CC(CCOCNC)CC(CCOCNC)CC(CCOCNC)OP(=O)(O)OCCOP(C)(=O)O. The highest BCUT2D eigenvalue weighted by Crippen LogP contribution is 2.47. The fourth-order valence-corrected chi connectivity index (χ4v) is 6.06. The molecule has 6 atom stereocenters. The molecule has 0 aliphatic carbocycles. The lowest BCUT2D eigenvalue weighted by atomic mass is 9.81. The maximum atomic E-state index is 12.8. The predicted octanol–water partition coefficient (Wildman–Crippen LogP) is 1.67. The monoisotopic (exact) mass is 696 g/mol. The zero-order valence-electron chi connectivity index (χ0n) is 27.9.